The number of nitrogens with one attached hydrogen (secondary N) is 2. The number of hydrogen-bond donors (Lipinski definition) is 4. The third-order valence-corrected chi connectivity index (χ3v) is 8.08. The van der Waals surface area contributed by atoms with Gasteiger partial charge in [0.2, 0.25) is 5.91 Å². The molecule has 1 saturated heterocycles. The van der Waals surface area contributed by atoms with Gasteiger partial charge in [0.05, 0.1) is 16.4 Å². The Bertz CT molecular complexity index is 1600. The second-order valence-corrected chi connectivity index (χ2v) is 11.5. The summed E-state index contributed by atoms with van der Waals surface area (Å²) in [6, 6.07) is 13.6. The van der Waals surface area contributed by atoms with E-state index < -0.39 is 11.5 Å². The molecule has 5 rings (SSSR count). The lowest BCUT2D eigenvalue weighted by molar-refractivity contribution is -0.118. The highest BCUT2D eigenvalue weighted by Crippen LogP contribution is 2.32. The molecule has 3 atom stereocenters. The maximum Gasteiger partial charge on any atom is 0.354 e. The van der Waals surface area contributed by atoms with Crippen molar-refractivity contribution < 1.29 is 9.18 Å². The van der Waals surface area contributed by atoms with Crippen molar-refractivity contribution in [2.45, 2.75) is 76.4 Å². The summed E-state index contributed by atoms with van der Waals surface area (Å²) in [5.74, 6) is -0.799. The fourth-order valence-electron chi connectivity index (χ4n) is 5.63. The molecule has 1 aliphatic heterocycles. The standard InChI is InChI=1S/C31H36ClFN6O2/c1-18(34)4-2-5-19-14-24(29(33)25(32)15-19)27-16-21-17-39(31(41)38-30(21)37-27)23-11-8-20(9-12-23)26-7-3-6-22(36-26)10-13-28(35)40/h8-9,11-12,14-18,22,26,36H,2-7,10,13,34H2,1H3,(H2,35,40)(H,37,38,41)/t18-,22-,26-/m0/s1. The van der Waals surface area contributed by atoms with Gasteiger partial charge in [-0.3, -0.25) is 9.36 Å². The highest BCUT2D eigenvalue weighted by atomic mass is 35.5. The average Bonchev–Trinajstić information content (AvgIpc) is 3.36. The van der Waals surface area contributed by atoms with E-state index in [1.54, 1.807) is 24.4 Å². The molecule has 1 aliphatic rings. The summed E-state index contributed by atoms with van der Waals surface area (Å²) in [5, 5.41) is 4.35. The molecule has 0 radical (unpaired) electrons. The summed E-state index contributed by atoms with van der Waals surface area (Å²) in [5.41, 5.74) is 14.7. The molecule has 41 heavy (non-hydrogen) atoms. The molecule has 0 spiro atoms. The van der Waals surface area contributed by atoms with Crippen LogP contribution in [0.1, 0.15) is 69.0 Å². The zero-order valence-corrected chi connectivity index (χ0v) is 23.9. The molecule has 4 aromatic rings. The highest BCUT2D eigenvalue weighted by Gasteiger charge is 2.22. The molecule has 10 heteroatoms. The van der Waals surface area contributed by atoms with Crippen LogP contribution in [0.15, 0.2) is 53.5 Å². The van der Waals surface area contributed by atoms with Crippen molar-refractivity contribution in [3.63, 3.8) is 0 Å². The van der Waals surface area contributed by atoms with Crippen LogP contribution in [0.25, 0.3) is 28.0 Å². The van der Waals surface area contributed by atoms with E-state index in [1.807, 2.05) is 31.2 Å². The molecule has 1 amide bonds. The molecular weight excluding hydrogens is 543 g/mol. The van der Waals surface area contributed by atoms with Crippen molar-refractivity contribution in [1.29, 1.82) is 0 Å². The first-order valence-electron chi connectivity index (χ1n) is 14.2. The summed E-state index contributed by atoms with van der Waals surface area (Å²) in [6.07, 6.45) is 8.39. The van der Waals surface area contributed by atoms with E-state index in [4.69, 9.17) is 23.1 Å². The van der Waals surface area contributed by atoms with Gasteiger partial charge in [0, 0.05) is 41.7 Å². The van der Waals surface area contributed by atoms with Crippen molar-refractivity contribution in [3.05, 3.63) is 81.1 Å². The van der Waals surface area contributed by atoms with Crippen LogP contribution in [-0.2, 0) is 11.2 Å². The highest BCUT2D eigenvalue weighted by molar-refractivity contribution is 6.31. The number of benzene rings is 2. The molecule has 2 aromatic heterocycles. The van der Waals surface area contributed by atoms with Gasteiger partial charge in [-0.05, 0) is 86.9 Å². The van der Waals surface area contributed by atoms with Crippen LogP contribution >= 0.6 is 11.6 Å². The first-order chi connectivity index (χ1) is 19.7. The number of carbonyl (C=O) groups excluding carboxylic acids is 1. The number of halogens is 2. The molecule has 8 nitrogen and oxygen atoms in total. The number of aromatic nitrogens is 3. The van der Waals surface area contributed by atoms with E-state index in [-0.39, 0.29) is 29.1 Å². The number of rotatable bonds is 10. The van der Waals surface area contributed by atoms with Gasteiger partial charge in [-0.15, -0.1) is 0 Å². The Kier molecular flexibility index (Phi) is 8.87. The molecule has 0 saturated carbocycles. The van der Waals surface area contributed by atoms with Crippen molar-refractivity contribution >= 4 is 28.5 Å². The van der Waals surface area contributed by atoms with E-state index in [9.17, 15) is 9.59 Å². The minimum atomic E-state index is -0.520. The summed E-state index contributed by atoms with van der Waals surface area (Å²) < 4.78 is 16.6. The molecular formula is C31H36ClFN6O2. The number of H-pyrrole nitrogens is 1. The van der Waals surface area contributed by atoms with Crippen LogP contribution in [0.2, 0.25) is 5.02 Å². The van der Waals surface area contributed by atoms with Crippen LogP contribution in [0, 0.1) is 5.82 Å². The quantitative estimate of drug-likeness (QED) is 0.203. The second kappa shape index (κ2) is 12.5. The number of primary amides is 1. The first-order valence-corrected chi connectivity index (χ1v) is 14.6. The molecule has 6 N–H and O–H groups in total. The summed E-state index contributed by atoms with van der Waals surface area (Å²) >= 11 is 6.24. The third-order valence-electron chi connectivity index (χ3n) is 7.81. The first kappa shape index (κ1) is 29.0. The van der Waals surface area contributed by atoms with Crippen LogP contribution < -0.4 is 22.5 Å². The van der Waals surface area contributed by atoms with Crippen molar-refractivity contribution in [2.24, 2.45) is 11.5 Å². The van der Waals surface area contributed by atoms with E-state index in [1.165, 1.54) is 4.57 Å². The fourth-order valence-corrected chi connectivity index (χ4v) is 5.87. The van der Waals surface area contributed by atoms with Gasteiger partial charge in [-0.25, -0.2) is 9.18 Å². The van der Waals surface area contributed by atoms with Crippen LogP contribution in [-0.4, -0.2) is 32.5 Å². The van der Waals surface area contributed by atoms with Crippen LogP contribution in [0.5, 0.6) is 0 Å². The maximum absolute atomic E-state index is 15.1. The van der Waals surface area contributed by atoms with E-state index in [0.717, 1.165) is 56.1 Å². The van der Waals surface area contributed by atoms with E-state index >= 15 is 4.39 Å². The predicted molar refractivity (Wildman–Crippen MR) is 161 cm³/mol. The number of aryl methyl sites for hydroxylation is 1. The molecule has 0 bridgehead atoms. The minimum Gasteiger partial charge on any atom is -0.370 e. The summed E-state index contributed by atoms with van der Waals surface area (Å²) in [7, 11) is 0. The number of aromatic amines is 1. The Labute approximate surface area is 243 Å². The largest absolute Gasteiger partial charge is 0.370 e. The molecule has 3 heterocycles. The monoisotopic (exact) mass is 578 g/mol. The number of carbonyl (C=O) groups is 1. The lowest BCUT2D eigenvalue weighted by atomic mass is 9.91. The number of amides is 1. The SMILES string of the molecule is C[C@H](N)CCCc1cc(Cl)c(F)c(-c2cc3cn(-c4ccc([C@@H]5CCC[C@@H](CCC(N)=O)N5)cc4)c(=O)nc3[nH]2)c1. The Balaban J connectivity index is 1.37. The normalized spacial score (nSPS) is 18.0. The molecule has 1 fully saturated rings. The van der Waals surface area contributed by atoms with Crippen LogP contribution in [0.3, 0.4) is 0 Å². The molecule has 2 aromatic carbocycles. The van der Waals surface area contributed by atoms with Gasteiger partial charge in [-0.1, -0.05) is 30.2 Å². The molecule has 0 aliphatic carbocycles. The number of piperidine rings is 1. The third kappa shape index (κ3) is 6.86. The summed E-state index contributed by atoms with van der Waals surface area (Å²) in [6.45, 7) is 1.96. The smallest absolute Gasteiger partial charge is 0.354 e. The minimum absolute atomic E-state index is 0.0521. The Hall–Kier alpha value is -3.53. The topological polar surface area (TPSA) is 132 Å². The number of hydrogen-bond acceptors (Lipinski definition) is 5. The number of fused-ring (bicyclic) bond motifs is 1. The summed E-state index contributed by atoms with van der Waals surface area (Å²) in [4.78, 5) is 31.5. The van der Waals surface area contributed by atoms with E-state index in [2.05, 4.69) is 15.3 Å². The van der Waals surface area contributed by atoms with Gasteiger partial charge >= 0.3 is 5.69 Å². The fraction of sp³-hybridized carbons (Fsp3) is 0.387. The average molecular weight is 579 g/mol. The Morgan fingerprint density at radius 3 is 2.73 bits per heavy atom. The zero-order valence-electron chi connectivity index (χ0n) is 23.1. The lowest BCUT2D eigenvalue weighted by Crippen LogP contribution is -2.37. The molecule has 0 unspecified atom stereocenters. The number of nitrogens with zero attached hydrogens (tertiary/aromatic N) is 2. The van der Waals surface area contributed by atoms with Crippen LogP contribution in [0.4, 0.5) is 4.39 Å². The van der Waals surface area contributed by atoms with Crippen molar-refractivity contribution in [3.8, 4) is 16.9 Å². The maximum atomic E-state index is 15.1. The lowest BCUT2D eigenvalue weighted by Gasteiger charge is -2.31. The van der Waals surface area contributed by atoms with Gasteiger partial charge in [0.25, 0.3) is 0 Å². The van der Waals surface area contributed by atoms with Crippen molar-refractivity contribution in [1.82, 2.24) is 19.9 Å². The van der Waals surface area contributed by atoms with Gasteiger partial charge in [0.15, 0.2) is 5.82 Å². The predicted octanol–water partition coefficient (Wildman–Crippen LogP) is 5.29. The number of nitrogens with two attached hydrogens (primary N) is 2. The van der Waals surface area contributed by atoms with Gasteiger partial charge in [-0.2, -0.15) is 4.98 Å². The Morgan fingerprint density at radius 1 is 1.22 bits per heavy atom. The van der Waals surface area contributed by atoms with E-state index in [0.29, 0.717) is 34.4 Å². The second-order valence-electron chi connectivity index (χ2n) is 11.1. The van der Waals surface area contributed by atoms with Gasteiger partial charge in [0.1, 0.15) is 5.65 Å². The van der Waals surface area contributed by atoms with Gasteiger partial charge < -0.3 is 21.8 Å². The molecule has 216 valence electrons. The Morgan fingerprint density at radius 2 is 2.00 bits per heavy atom. The van der Waals surface area contributed by atoms with Crippen molar-refractivity contribution in [2.75, 3.05) is 0 Å². The zero-order chi connectivity index (χ0) is 29.1.